The van der Waals surface area contributed by atoms with E-state index < -0.39 is 11.6 Å². The average Bonchev–Trinajstić information content (AvgIpc) is 2.88. The van der Waals surface area contributed by atoms with E-state index in [9.17, 15) is 10.1 Å². The fraction of sp³-hybridized carbons (Fsp3) is 0.857. The lowest BCUT2D eigenvalue weighted by atomic mass is 9.90. The molecule has 2 aliphatic heterocycles. The van der Waals surface area contributed by atoms with Crippen molar-refractivity contribution in [2.45, 2.75) is 24.9 Å². The highest BCUT2D eigenvalue weighted by Gasteiger charge is 2.54. The summed E-state index contributed by atoms with van der Waals surface area (Å²) in [5.41, 5.74) is 0.569. The molecule has 0 bridgehead atoms. The minimum Gasteiger partial charge on any atom is -0.379 e. The highest BCUT2D eigenvalue weighted by Crippen LogP contribution is 2.40. The molecule has 7 heteroatoms. The molecular formula is C14H23N3O4. The summed E-state index contributed by atoms with van der Waals surface area (Å²) in [6.07, 6.45) is 2.57. The van der Waals surface area contributed by atoms with Gasteiger partial charge < -0.3 is 14.4 Å². The summed E-state index contributed by atoms with van der Waals surface area (Å²) >= 11 is 0. The largest absolute Gasteiger partial charge is 0.379 e. The van der Waals surface area contributed by atoms with Gasteiger partial charge in [0.1, 0.15) is 5.54 Å². The molecule has 2 atom stereocenters. The first kappa shape index (κ1) is 14.7. The third kappa shape index (κ3) is 2.54. The molecule has 2 saturated heterocycles. The Morgan fingerprint density at radius 1 is 1.19 bits per heavy atom. The summed E-state index contributed by atoms with van der Waals surface area (Å²) < 4.78 is 10.8. The van der Waals surface area contributed by atoms with E-state index >= 15 is 0 Å². The van der Waals surface area contributed by atoms with Crippen molar-refractivity contribution in [2.75, 3.05) is 52.6 Å². The standard InChI is InChI=1S/C14H23N3O4/c1-14(16-6-10-21-11-7-16)12(2-3-13(14)17(18)19)15-4-8-20-9-5-15/h2,13H,3-11H2,1H3/t13-,14-/m1/s1. The molecule has 0 radical (unpaired) electrons. The summed E-state index contributed by atoms with van der Waals surface area (Å²) in [7, 11) is 0. The van der Waals surface area contributed by atoms with Gasteiger partial charge in [0.15, 0.2) is 0 Å². The van der Waals surface area contributed by atoms with Crippen LogP contribution in [0.4, 0.5) is 0 Å². The van der Waals surface area contributed by atoms with E-state index in [1.807, 2.05) is 6.92 Å². The minimum absolute atomic E-state index is 0.112. The van der Waals surface area contributed by atoms with Crippen LogP contribution in [0.1, 0.15) is 13.3 Å². The van der Waals surface area contributed by atoms with E-state index in [1.54, 1.807) is 0 Å². The van der Waals surface area contributed by atoms with Crippen molar-refractivity contribution in [2.24, 2.45) is 0 Å². The van der Waals surface area contributed by atoms with Gasteiger partial charge in [0.25, 0.3) is 0 Å². The van der Waals surface area contributed by atoms with Crippen LogP contribution in [0.5, 0.6) is 0 Å². The van der Waals surface area contributed by atoms with Crippen molar-refractivity contribution in [3.8, 4) is 0 Å². The molecule has 0 saturated carbocycles. The third-order valence-electron chi connectivity index (χ3n) is 4.98. The lowest BCUT2D eigenvalue weighted by Gasteiger charge is -2.46. The molecule has 0 spiro atoms. The third-order valence-corrected chi connectivity index (χ3v) is 4.98. The van der Waals surface area contributed by atoms with Gasteiger partial charge in [-0.2, -0.15) is 0 Å². The Morgan fingerprint density at radius 3 is 2.33 bits per heavy atom. The molecule has 2 heterocycles. The normalized spacial score (nSPS) is 34.8. The van der Waals surface area contributed by atoms with Crippen molar-refractivity contribution < 1.29 is 14.4 Å². The Balaban J connectivity index is 1.88. The quantitative estimate of drug-likeness (QED) is 0.553. The van der Waals surface area contributed by atoms with Crippen LogP contribution < -0.4 is 0 Å². The molecule has 0 N–H and O–H groups in total. The maximum absolute atomic E-state index is 11.6. The second-order valence-electron chi connectivity index (χ2n) is 5.97. The van der Waals surface area contributed by atoms with Gasteiger partial charge in [-0.15, -0.1) is 0 Å². The maximum atomic E-state index is 11.6. The number of morpholine rings is 2. The second kappa shape index (κ2) is 5.90. The van der Waals surface area contributed by atoms with Gasteiger partial charge in [-0.1, -0.05) is 6.08 Å². The lowest BCUT2D eigenvalue weighted by molar-refractivity contribution is -0.534. The summed E-state index contributed by atoms with van der Waals surface area (Å²) in [4.78, 5) is 15.9. The van der Waals surface area contributed by atoms with Crippen molar-refractivity contribution in [3.05, 3.63) is 21.9 Å². The number of hydrogen-bond donors (Lipinski definition) is 0. The predicted octanol–water partition coefficient (Wildman–Crippen LogP) is 0.342. The van der Waals surface area contributed by atoms with E-state index in [0.717, 1.165) is 31.9 Å². The van der Waals surface area contributed by atoms with E-state index in [4.69, 9.17) is 9.47 Å². The van der Waals surface area contributed by atoms with Crippen LogP contribution in [-0.2, 0) is 9.47 Å². The van der Waals surface area contributed by atoms with E-state index in [-0.39, 0.29) is 4.92 Å². The Kier molecular flexibility index (Phi) is 4.14. The molecule has 0 aromatic heterocycles. The maximum Gasteiger partial charge on any atom is 0.239 e. The number of rotatable bonds is 3. The van der Waals surface area contributed by atoms with Gasteiger partial charge >= 0.3 is 0 Å². The van der Waals surface area contributed by atoms with Gasteiger partial charge in [0.05, 0.1) is 26.4 Å². The van der Waals surface area contributed by atoms with E-state index in [2.05, 4.69) is 15.9 Å². The Labute approximate surface area is 124 Å². The number of ether oxygens (including phenoxy) is 2. The average molecular weight is 297 g/mol. The van der Waals surface area contributed by atoms with Gasteiger partial charge in [0, 0.05) is 43.2 Å². The van der Waals surface area contributed by atoms with Crippen LogP contribution in [0.25, 0.3) is 0 Å². The Bertz CT molecular complexity index is 430. The molecule has 1 aliphatic carbocycles. The second-order valence-corrected chi connectivity index (χ2v) is 5.97. The van der Waals surface area contributed by atoms with Crippen molar-refractivity contribution in [1.82, 2.24) is 9.80 Å². The molecular weight excluding hydrogens is 274 g/mol. The Morgan fingerprint density at radius 2 is 1.76 bits per heavy atom. The molecule has 21 heavy (non-hydrogen) atoms. The molecule has 3 rings (SSSR count). The van der Waals surface area contributed by atoms with Crippen LogP contribution in [0.3, 0.4) is 0 Å². The van der Waals surface area contributed by atoms with Gasteiger partial charge in [0.2, 0.25) is 6.04 Å². The van der Waals surface area contributed by atoms with Crippen molar-refractivity contribution in [3.63, 3.8) is 0 Å². The minimum atomic E-state index is -0.576. The van der Waals surface area contributed by atoms with E-state index in [0.29, 0.717) is 32.8 Å². The van der Waals surface area contributed by atoms with Gasteiger partial charge in [-0.05, 0) is 6.92 Å². The molecule has 7 nitrogen and oxygen atoms in total. The molecule has 3 aliphatic rings. The highest BCUT2D eigenvalue weighted by molar-refractivity contribution is 5.28. The van der Waals surface area contributed by atoms with Crippen LogP contribution >= 0.6 is 0 Å². The van der Waals surface area contributed by atoms with Crippen LogP contribution in [-0.4, -0.2) is 78.9 Å². The van der Waals surface area contributed by atoms with Gasteiger partial charge in [-0.3, -0.25) is 15.0 Å². The molecule has 0 unspecified atom stereocenters. The highest BCUT2D eigenvalue weighted by atomic mass is 16.6. The zero-order valence-electron chi connectivity index (χ0n) is 12.5. The first-order chi connectivity index (χ1) is 10.1. The predicted molar refractivity (Wildman–Crippen MR) is 76.7 cm³/mol. The van der Waals surface area contributed by atoms with E-state index in [1.165, 1.54) is 0 Å². The van der Waals surface area contributed by atoms with Crippen LogP contribution in [0.15, 0.2) is 11.8 Å². The van der Waals surface area contributed by atoms with Crippen molar-refractivity contribution in [1.29, 1.82) is 0 Å². The summed E-state index contributed by atoms with van der Waals surface area (Å²) in [6, 6.07) is -0.576. The molecule has 0 aromatic carbocycles. The number of nitrogens with zero attached hydrogens (tertiary/aromatic N) is 3. The Hall–Kier alpha value is -1.18. The lowest BCUT2D eigenvalue weighted by Crippen LogP contribution is -2.62. The fourth-order valence-electron chi connectivity index (χ4n) is 3.78. The summed E-state index contributed by atoms with van der Waals surface area (Å²) in [5, 5.41) is 11.6. The zero-order chi connectivity index (χ0) is 14.9. The van der Waals surface area contributed by atoms with Crippen LogP contribution in [0, 0.1) is 10.1 Å². The smallest absolute Gasteiger partial charge is 0.239 e. The van der Waals surface area contributed by atoms with Crippen molar-refractivity contribution >= 4 is 0 Å². The fourth-order valence-corrected chi connectivity index (χ4v) is 3.78. The molecule has 0 aromatic rings. The van der Waals surface area contributed by atoms with Gasteiger partial charge in [-0.25, -0.2) is 0 Å². The monoisotopic (exact) mass is 297 g/mol. The first-order valence-electron chi connectivity index (χ1n) is 7.63. The SMILES string of the molecule is C[C@@]1(N2CCOCC2)C(N2CCOCC2)=CC[C@H]1[N+](=O)[O-]. The summed E-state index contributed by atoms with van der Waals surface area (Å²) in [6.45, 7) is 7.85. The number of nitro groups is 1. The first-order valence-corrected chi connectivity index (χ1v) is 7.63. The number of hydrogen-bond acceptors (Lipinski definition) is 6. The summed E-state index contributed by atoms with van der Waals surface area (Å²) in [5.74, 6) is 0. The molecule has 0 amide bonds. The molecule has 2 fully saturated rings. The molecule has 118 valence electrons. The van der Waals surface area contributed by atoms with Crippen LogP contribution in [0.2, 0.25) is 0 Å². The zero-order valence-corrected chi connectivity index (χ0v) is 12.5. The topological polar surface area (TPSA) is 68.1 Å².